The molecule has 2 atom stereocenters. The first-order valence-corrected chi connectivity index (χ1v) is 16.3. The van der Waals surface area contributed by atoms with E-state index in [4.69, 9.17) is 14.6 Å². The van der Waals surface area contributed by atoms with Gasteiger partial charge in [0, 0.05) is 12.5 Å². The molecule has 2 N–H and O–H groups in total. The lowest BCUT2D eigenvalue weighted by molar-refractivity contribution is -0.138. The van der Waals surface area contributed by atoms with Crippen LogP contribution < -0.4 is 9.47 Å². The summed E-state index contributed by atoms with van der Waals surface area (Å²) in [7, 11) is 1.61. The molecule has 0 bridgehead atoms. The fraction of sp³-hybridized carbons (Fsp3) is 0.385. The lowest BCUT2D eigenvalue weighted by Gasteiger charge is -2.24. The lowest BCUT2D eigenvalue weighted by Crippen LogP contribution is -2.21. The number of hydrogen-bond donors (Lipinski definition) is 2. The second kappa shape index (κ2) is 18.6. The number of alkyl halides is 6. The van der Waals surface area contributed by atoms with Crippen LogP contribution in [0.5, 0.6) is 11.6 Å². The summed E-state index contributed by atoms with van der Waals surface area (Å²) in [5.74, 6) is 7.73. The third-order valence-electron chi connectivity index (χ3n) is 7.74. The smallest absolute Gasteiger partial charge is 0.416 e. The summed E-state index contributed by atoms with van der Waals surface area (Å²) in [5, 5.41) is 19.7. The van der Waals surface area contributed by atoms with Crippen molar-refractivity contribution in [2.75, 3.05) is 7.11 Å². The van der Waals surface area contributed by atoms with Gasteiger partial charge in [0.1, 0.15) is 23.9 Å². The highest BCUT2D eigenvalue weighted by molar-refractivity contribution is 5.32. The van der Waals surface area contributed by atoms with E-state index in [1.807, 2.05) is 24.3 Å². The van der Waals surface area contributed by atoms with Crippen molar-refractivity contribution < 1.29 is 46.0 Å². The maximum atomic E-state index is 12.7. The monoisotopic (exact) mass is 716 g/mol. The molecule has 0 aliphatic heterocycles. The minimum absolute atomic E-state index is 0.340. The predicted octanol–water partition coefficient (Wildman–Crippen LogP) is 9.23. The number of aromatic nitrogens is 2. The molecule has 1 heterocycles. The maximum absolute atomic E-state index is 12.7. The average molecular weight is 717 g/mol. The number of rotatable bonds is 12. The molecule has 6 nitrogen and oxygen atoms in total. The molecule has 12 heteroatoms. The van der Waals surface area contributed by atoms with Crippen LogP contribution in [0.15, 0.2) is 78.9 Å². The number of hydrogen-bond acceptors (Lipinski definition) is 6. The van der Waals surface area contributed by atoms with Gasteiger partial charge in [0.15, 0.2) is 0 Å². The summed E-state index contributed by atoms with van der Waals surface area (Å²) in [6.45, 7) is 5.38. The number of aliphatic hydroxyl groups is 2. The van der Waals surface area contributed by atoms with E-state index in [1.165, 1.54) is 24.3 Å². The van der Waals surface area contributed by atoms with E-state index >= 15 is 0 Å². The number of methoxy groups -OCH3 is 1. The van der Waals surface area contributed by atoms with Gasteiger partial charge in [0.05, 0.1) is 29.9 Å². The molecule has 2 unspecified atom stereocenters. The van der Waals surface area contributed by atoms with Gasteiger partial charge in [-0.3, -0.25) is 0 Å². The van der Waals surface area contributed by atoms with Crippen LogP contribution in [0.3, 0.4) is 0 Å². The molecule has 0 spiro atoms. The molecule has 3 aromatic carbocycles. The quantitative estimate of drug-likeness (QED) is 0.0865. The Kier molecular flexibility index (Phi) is 14.9. The first kappa shape index (κ1) is 40.8. The molecule has 0 fully saturated rings. The van der Waals surface area contributed by atoms with Gasteiger partial charge in [-0.25, -0.2) is 4.98 Å². The highest BCUT2D eigenvalue weighted by Crippen LogP contribution is 2.33. The molecule has 0 amide bonds. The molecule has 4 rings (SSSR count). The number of nitrogens with zero attached hydrogens (tertiary/aromatic N) is 2. The number of aryl methyl sites for hydroxylation is 2. The Morgan fingerprint density at radius 2 is 1.33 bits per heavy atom. The molecule has 0 aliphatic carbocycles. The van der Waals surface area contributed by atoms with Gasteiger partial charge in [-0.05, 0) is 112 Å². The van der Waals surface area contributed by atoms with Crippen LogP contribution in [0.4, 0.5) is 26.3 Å². The minimum atomic E-state index is -4.40. The zero-order chi connectivity index (χ0) is 37.7. The molecular weight excluding hydrogens is 674 g/mol. The molecule has 51 heavy (non-hydrogen) atoms. The van der Waals surface area contributed by atoms with Gasteiger partial charge in [-0.1, -0.05) is 42.3 Å². The molecule has 0 saturated carbocycles. The van der Waals surface area contributed by atoms with Crippen molar-refractivity contribution in [1.29, 1.82) is 0 Å². The molecule has 0 saturated heterocycles. The number of unbranched alkanes of at least 4 members (excludes halogenated alkanes) is 1. The van der Waals surface area contributed by atoms with Gasteiger partial charge in [-0.2, -0.15) is 31.3 Å². The number of halogens is 6. The molecule has 0 aliphatic rings. The first-order valence-electron chi connectivity index (χ1n) is 16.3. The van der Waals surface area contributed by atoms with Gasteiger partial charge < -0.3 is 19.7 Å². The van der Waals surface area contributed by atoms with Crippen LogP contribution in [-0.4, -0.2) is 33.4 Å². The van der Waals surface area contributed by atoms with E-state index in [-0.39, 0.29) is 6.10 Å². The maximum Gasteiger partial charge on any atom is 0.416 e. The van der Waals surface area contributed by atoms with Crippen molar-refractivity contribution in [3.05, 3.63) is 118 Å². The normalized spacial score (nSPS) is 13.2. The third kappa shape index (κ3) is 14.3. The second-order valence-electron chi connectivity index (χ2n) is 12.2. The third-order valence-corrected chi connectivity index (χ3v) is 7.74. The van der Waals surface area contributed by atoms with E-state index in [9.17, 15) is 31.4 Å². The van der Waals surface area contributed by atoms with E-state index in [2.05, 4.69) is 21.8 Å². The van der Waals surface area contributed by atoms with Gasteiger partial charge >= 0.3 is 12.4 Å². The summed E-state index contributed by atoms with van der Waals surface area (Å²) in [5.41, 5.74) is 0.186. The Morgan fingerprint density at radius 3 is 1.88 bits per heavy atom. The van der Waals surface area contributed by atoms with Crippen LogP contribution in [0.2, 0.25) is 0 Å². The van der Waals surface area contributed by atoms with E-state index in [0.29, 0.717) is 61.7 Å². The van der Waals surface area contributed by atoms with Crippen LogP contribution >= 0.6 is 0 Å². The van der Waals surface area contributed by atoms with E-state index < -0.39 is 29.1 Å². The Hall–Kier alpha value is -4.60. The largest absolute Gasteiger partial charge is 0.497 e. The zero-order valence-corrected chi connectivity index (χ0v) is 28.9. The summed E-state index contributed by atoms with van der Waals surface area (Å²) in [6.07, 6.45) is -5.47. The average Bonchev–Trinajstić information content (AvgIpc) is 3.07. The summed E-state index contributed by atoms with van der Waals surface area (Å²) in [4.78, 5) is 8.60. The highest BCUT2D eigenvalue weighted by atomic mass is 19.4. The van der Waals surface area contributed by atoms with Crippen molar-refractivity contribution in [2.24, 2.45) is 0 Å². The van der Waals surface area contributed by atoms with E-state index in [0.717, 1.165) is 47.6 Å². The molecule has 0 radical (unpaired) electrons. The Morgan fingerprint density at radius 1 is 0.784 bits per heavy atom. The second-order valence-corrected chi connectivity index (χ2v) is 12.2. The van der Waals surface area contributed by atoms with Crippen LogP contribution in [-0.2, 0) is 31.0 Å². The Balaban J connectivity index is 0.000000367. The topological polar surface area (TPSA) is 84.7 Å². The fourth-order valence-corrected chi connectivity index (χ4v) is 4.86. The van der Waals surface area contributed by atoms with Gasteiger partial charge in [-0.15, -0.1) is 0 Å². The fourth-order valence-electron chi connectivity index (χ4n) is 4.86. The Bertz CT molecular complexity index is 1710. The summed E-state index contributed by atoms with van der Waals surface area (Å²) in [6, 6.07) is 19.0. The summed E-state index contributed by atoms with van der Waals surface area (Å²) >= 11 is 0. The number of ether oxygens (including phenoxy) is 2. The van der Waals surface area contributed by atoms with E-state index in [1.54, 1.807) is 33.9 Å². The first-order chi connectivity index (χ1) is 24.0. The highest BCUT2D eigenvalue weighted by Gasteiger charge is 2.31. The summed E-state index contributed by atoms with van der Waals surface area (Å²) < 4.78 is 85.9. The van der Waals surface area contributed by atoms with Crippen molar-refractivity contribution in [2.45, 2.75) is 90.0 Å². The zero-order valence-electron chi connectivity index (χ0n) is 28.9. The molecular formula is C39H42F6N2O4. The van der Waals surface area contributed by atoms with Crippen LogP contribution in [0.25, 0.3) is 0 Å². The lowest BCUT2D eigenvalue weighted by atomic mass is 9.90. The van der Waals surface area contributed by atoms with Gasteiger partial charge in [0.25, 0.3) is 0 Å². The van der Waals surface area contributed by atoms with Crippen molar-refractivity contribution >= 4 is 0 Å². The molecule has 274 valence electrons. The predicted molar refractivity (Wildman–Crippen MR) is 182 cm³/mol. The number of benzene rings is 3. The number of aliphatic hydroxyl groups excluding tert-OH is 1. The van der Waals surface area contributed by atoms with Crippen molar-refractivity contribution in [1.82, 2.24) is 9.97 Å². The van der Waals surface area contributed by atoms with Crippen molar-refractivity contribution in [3.8, 4) is 23.5 Å². The van der Waals surface area contributed by atoms with Crippen LogP contribution in [0, 0.1) is 18.8 Å². The SMILES string of the molecule is CC(O)CCCc1ccc(C(F)(F)F)cc1.COc1ccc(COc2cc(C#CCCCC(C)(O)c3ccc(C(F)(F)F)cc3)nc(C)n2)cc1. The Labute approximate surface area is 294 Å². The minimum Gasteiger partial charge on any atom is -0.497 e. The standard InChI is InChI=1S/C27H27F3N2O3.C12H15F3O/c1-19-31-23(17-25(32-19)35-18-20-8-14-24(34-3)15-9-20)7-5-4-6-16-26(2,33)21-10-12-22(13-11-21)27(28,29)30;1-9(16)3-2-4-10-5-7-11(8-6-10)12(13,14)15/h8-15,17,33H,4,6,16,18H2,1-3H3;5-9,16H,2-4H2,1H3. The van der Waals surface area contributed by atoms with Crippen molar-refractivity contribution in [3.63, 3.8) is 0 Å². The molecule has 1 aromatic heterocycles. The van der Waals surface area contributed by atoms with Gasteiger partial charge in [0.2, 0.25) is 5.88 Å². The molecule has 4 aromatic rings. The van der Waals surface area contributed by atoms with Crippen LogP contribution in [0.1, 0.15) is 85.3 Å².